The molecule has 0 fully saturated rings. The van der Waals surface area contributed by atoms with E-state index in [1.165, 1.54) is 4.90 Å². The van der Waals surface area contributed by atoms with Gasteiger partial charge in [0.1, 0.15) is 13.1 Å². The van der Waals surface area contributed by atoms with Crippen molar-refractivity contribution in [3.05, 3.63) is 95.6 Å². The summed E-state index contributed by atoms with van der Waals surface area (Å²) in [6, 6.07) is 23.1. The molecule has 0 saturated heterocycles. The van der Waals surface area contributed by atoms with Gasteiger partial charge in [0.15, 0.2) is 0 Å². The summed E-state index contributed by atoms with van der Waals surface area (Å²) in [6.07, 6.45) is 1.75. The van der Waals surface area contributed by atoms with E-state index in [0.717, 1.165) is 29.0 Å². The zero-order chi connectivity index (χ0) is 23.7. The molecule has 7 nitrogen and oxygen atoms in total. The number of anilines is 2. The number of aryl methyl sites for hydroxylation is 1. The van der Waals surface area contributed by atoms with Crippen LogP contribution >= 0.6 is 0 Å². The molecule has 0 N–H and O–H groups in total. The summed E-state index contributed by atoms with van der Waals surface area (Å²) in [6.45, 7) is -0.0590. The fraction of sp³-hybridized carbons (Fsp3) is 0.185. The van der Waals surface area contributed by atoms with Gasteiger partial charge in [-0.1, -0.05) is 48.5 Å². The second kappa shape index (κ2) is 8.94. The van der Waals surface area contributed by atoms with Crippen molar-refractivity contribution in [1.29, 1.82) is 0 Å². The monoisotopic (exact) mass is 453 g/mol. The number of nitrogens with zero attached hydrogens (tertiary/aromatic N) is 3. The minimum absolute atomic E-state index is 0.194. The lowest BCUT2D eigenvalue weighted by molar-refractivity contribution is -0.122. The second-order valence-electron chi connectivity index (χ2n) is 8.34. The molecule has 3 aromatic rings. The number of para-hydroxylation sites is 2. The van der Waals surface area contributed by atoms with Crippen LogP contribution in [0.5, 0.6) is 0 Å². The second-order valence-corrected chi connectivity index (χ2v) is 8.34. The van der Waals surface area contributed by atoms with Crippen LogP contribution < -0.4 is 9.80 Å². The van der Waals surface area contributed by atoms with Gasteiger partial charge in [0.05, 0.1) is 11.1 Å². The highest BCUT2D eigenvalue weighted by atomic mass is 16.2. The summed E-state index contributed by atoms with van der Waals surface area (Å²) >= 11 is 0. The maximum absolute atomic E-state index is 13.4. The Morgan fingerprint density at radius 2 is 1.41 bits per heavy atom. The number of benzene rings is 3. The Balaban J connectivity index is 1.39. The third-order valence-corrected chi connectivity index (χ3v) is 6.25. The van der Waals surface area contributed by atoms with Crippen molar-refractivity contribution in [2.45, 2.75) is 12.8 Å². The lowest BCUT2D eigenvalue weighted by Gasteiger charge is -2.32. The van der Waals surface area contributed by atoms with Crippen LogP contribution in [0.4, 0.5) is 11.4 Å². The Labute approximate surface area is 197 Å². The Bertz CT molecular complexity index is 1250. The van der Waals surface area contributed by atoms with Crippen LogP contribution in [0.1, 0.15) is 32.7 Å². The summed E-state index contributed by atoms with van der Waals surface area (Å²) in [7, 11) is 0. The highest BCUT2D eigenvalue weighted by molar-refractivity contribution is 6.23. The van der Waals surface area contributed by atoms with E-state index in [1.54, 1.807) is 53.4 Å². The van der Waals surface area contributed by atoms with Crippen LogP contribution in [0.3, 0.4) is 0 Å². The highest BCUT2D eigenvalue weighted by Gasteiger charge is 2.37. The zero-order valence-electron chi connectivity index (χ0n) is 18.5. The molecule has 5 rings (SSSR count). The van der Waals surface area contributed by atoms with Gasteiger partial charge in [-0.2, -0.15) is 0 Å². The van der Waals surface area contributed by atoms with Crippen LogP contribution in [-0.2, 0) is 16.0 Å². The molecular formula is C27H23N3O4. The molecule has 2 aliphatic rings. The molecule has 0 radical (unpaired) electrons. The van der Waals surface area contributed by atoms with E-state index < -0.39 is 24.3 Å². The molecule has 3 aromatic carbocycles. The lowest BCUT2D eigenvalue weighted by Crippen LogP contribution is -2.48. The topological polar surface area (TPSA) is 78.0 Å². The predicted molar refractivity (Wildman–Crippen MR) is 128 cm³/mol. The summed E-state index contributed by atoms with van der Waals surface area (Å²) in [5.74, 6) is -1.72. The molecular weight excluding hydrogens is 430 g/mol. The van der Waals surface area contributed by atoms with Gasteiger partial charge >= 0.3 is 0 Å². The molecule has 0 aromatic heterocycles. The molecule has 7 heteroatoms. The van der Waals surface area contributed by atoms with Crippen molar-refractivity contribution < 1.29 is 19.2 Å². The van der Waals surface area contributed by atoms with Gasteiger partial charge in [0.25, 0.3) is 11.8 Å². The maximum Gasteiger partial charge on any atom is 0.262 e. The SMILES string of the molecule is O=C1c2ccccc2C(=O)N1CC(=O)N(CC(=O)N1CCCc2ccccc21)c1ccccc1. The Morgan fingerprint density at radius 3 is 2.12 bits per heavy atom. The first-order chi connectivity index (χ1) is 16.5. The number of rotatable bonds is 5. The fourth-order valence-electron chi connectivity index (χ4n) is 4.55. The van der Waals surface area contributed by atoms with E-state index in [1.807, 2.05) is 30.3 Å². The van der Waals surface area contributed by atoms with E-state index in [9.17, 15) is 19.2 Å². The predicted octanol–water partition coefficient (Wildman–Crippen LogP) is 3.30. The minimum atomic E-state index is -0.502. The van der Waals surface area contributed by atoms with Crippen LogP contribution in [0, 0.1) is 0 Å². The Hall–Kier alpha value is -4.26. The molecule has 0 unspecified atom stereocenters. The van der Waals surface area contributed by atoms with Crippen LogP contribution in [0.15, 0.2) is 78.9 Å². The molecule has 0 bridgehead atoms. The number of imide groups is 1. The van der Waals surface area contributed by atoms with E-state index in [-0.39, 0.29) is 23.6 Å². The Kier molecular flexibility index (Phi) is 5.67. The smallest absolute Gasteiger partial charge is 0.262 e. The van der Waals surface area contributed by atoms with Gasteiger partial charge in [-0.15, -0.1) is 0 Å². The number of hydrogen-bond donors (Lipinski definition) is 0. The van der Waals surface area contributed by atoms with Crippen molar-refractivity contribution in [3.8, 4) is 0 Å². The van der Waals surface area contributed by atoms with Gasteiger partial charge < -0.3 is 9.80 Å². The molecule has 170 valence electrons. The number of carbonyl (C=O) groups excluding carboxylic acids is 4. The summed E-state index contributed by atoms with van der Waals surface area (Å²) in [4.78, 5) is 56.3. The highest BCUT2D eigenvalue weighted by Crippen LogP contribution is 2.28. The molecule has 4 amide bonds. The standard InChI is InChI=1S/C27H23N3O4/c31-24(28-16-8-10-19-9-4-7-15-23(19)28)17-29(20-11-2-1-3-12-20)25(32)18-30-26(33)21-13-5-6-14-22(21)27(30)34/h1-7,9,11-15H,8,10,16-18H2. The third-order valence-electron chi connectivity index (χ3n) is 6.25. The average molecular weight is 453 g/mol. The summed E-state index contributed by atoms with van der Waals surface area (Å²) in [5, 5.41) is 0. The number of fused-ring (bicyclic) bond motifs is 2. The third kappa shape index (κ3) is 3.85. The molecule has 2 heterocycles. The molecule has 0 spiro atoms. The zero-order valence-corrected chi connectivity index (χ0v) is 18.5. The first-order valence-electron chi connectivity index (χ1n) is 11.2. The van der Waals surface area contributed by atoms with Crippen LogP contribution in [0.25, 0.3) is 0 Å². The van der Waals surface area contributed by atoms with E-state index in [2.05, 4.69) is 0 Å². The molecule has 0 aliphatic carbocycles. The van der Waals surface area contributed by atoms with Gasteiger partial charge in [0.2, 0.25) is 11.8 Å². The summed E-state index contributed by atoms with van der Waals surface area (Å²) < 4.78 is 0. The summed E-state index contributed by atoms with van der Waals surface area (Å²) in [5.41, 5.74) is 3.06. The van der Waals surface area contributed by atoms with Crippen molar-refractivity contribution in [2.75, 3.05) is 29.4 Å². The quantitative estimate of drug-likeness (QED) is 0.556. The molecule has 0 atom stereocenters. The van der Waals surface area contributed by atoms with Gasteiger partial charge in [-0.3, -0.25) is 24.1 Å². The first kappa shape index (κ1) is 21.6. The number of carbonyl (C=O) groups is 4. The largest absolute Gasteiger partial charge is 0.311 e. The lowest BCUT2D eigenvalue weighted by atomic mass is 10.0. The maximum atomic E-state index is 13.4. The number of amides is 4. The van der Waals surface area contributed by atoms with Crippen LogP contribution in [0.2, 0.25) is 0 Å². The first-order valence-corrected chi connectivity index (χ1v) is 11.2. The van der Waals surface area contributed by atoms with Gasteiger partial charge in [-0.25, -0.2) is 0 Å². The van der Waals surface area contributed by atoms with Crippen molar-refractivity contribution in [1.82, 2.24) is 4.90 Å². The van der Waals surface area contributed by atoms with Crippen molar-refractivity contribution in [2.24, 2.45) is 0 Å². The van der Waals surface area contributed by atoms with Crippen molar-refractivity contribution >= 4 is 35.0 Å². The average Bonchev–Trinajstić information content (AvgIpc) is 3.12. The van der Waals surface area contributed by atoms with Gasteiger partial charge in [0, 0.05) is 17.9 Å². The fourth-order valence-corrected chi connectivity index (χ4v) is 4.55. The van der Waals surface area contributed by atoms with E-state index >= 15 is 0 Å². The van der Waals surface area contributed by atoms with E-state index in [0.29, 0.717) is 12.2 Å². The number of hydrogen-bond acceptors (Lipinski definition) is 4. The van der Waals surface area contributed by atoms with E-state index in [4.69, 9.17) is 0 Å². The normalized spacial score (nSPS) is 14.6. The van der Waals surface area contributed by atoms with Crippen LogP contribution in [-0.4, -0.2) is 48.2 Å². The minimum Gasteiger partial charge on any atom is -0.311 e. The molecule has 0 saturated carbocycles. The Morgan fingerprint density at radius 1 is 0.794 bits per heavy atom. The van der Waals surface area contributed by atoms with Crippen molar-refractivity contribution in [3.63, 3.8) is 0 Å². The van der Waals surface area contributed by atoms with Gasteiger partial charge in [-0.05, 0) is 48.7 Å². The molecule has 2 aliphatic heterocycles. The molecule has 34 heavy (non-hydrogen) atoms.